The van der Waals surface area contributed by atoms with Gasteiger partial charge < -0.3 is 28.8 Å². The second-order valence-electron chi connectivity index (χ2n) is 11.5. The molecule has 1 aliphatic heterocycles. The van der Waals surface area contributed by atoms with Crippen LogP contribution in [0.25, 0.3) is 0 Å². The van der Waals surface area contributed by atoms with Gasteiger partial charge in [-0.1, -0.05) is 84.9 Å². The van der Waals surface area contributed by atoms with E-state index < -0.39 is 35.3 Å². The largest absolute Gasteiger partial charge is 0.497 e. The fourth-order valence-corrected chi connectivity index (χ4v) is 6.01. The molecule has 0 amide bonds. The molecule has 0 unspecified atom stereocenters. The average Bonchev–Trinajstić information content (AvgIpc) is 3.50. The Morgan fingerprint density at radius 1 is 0.792 bits per heavy atom. The fraction of sp³-hybridized carbons (Fsp3) is 0.263. The summed E-state index contributed by atoms with van der Waals surface area (Å²) in [6, 6.07) is 34.7. The van der Waals surface area contributed by atoms with Gasteiger partial charge in [0.1, 0.15) is 29.4 Å². The smallest absolute Gasteiger partial charge is 0.330 e. The molecule has 10 heteroatoms. The van der Waals surface area contributed by atoms with E-state index in [9.17, 15) is 14.7 Å². The van der Waals surface area contributed by atoms with Gasteiger partial charge in [-0.25, -0.2) is 4.79 Å². The summed E-state index contributed by atoms with van der Waals surface area (Å²) in [5.74, 6) is 1.40. The Morgan fingerprint density at radius 3 is 1.94 bits per heavy atom. The highest BCUT2D eigenvalue weighted by Gasteiger charge is 2.42. The number of aliphatic hydroxyl groups excluding tert-OH is 1. The highest BCUT2D eigenvalue weighted by molar-refractivity contribution is 5.49. The molecule has 1 saturated heterocycles. The van der Waals surface area contributed by atoms with Crippen molar-refractivity contribution >= 4 is 0 Å². The van der Waals surface area contributed by atoms with Crippen LogP contribution >= 0.6 is 0 Å². The summed E-state index contributed by atoms with van der Waals surface area (Å²) in [4.78, 5) is 27.9. The van der Waals surface area contributed by atoms with Gasteiger partial charge in [0, 0.05) is 12.6 Å². The van der Waals surface area contributed by atoms with Crippen molar-refractivity contribution < 1.29 is 28.8 Å². The van der Waals surface area contributed by atoms with Crippen LogP contribution < -0.4 is 20.7 Å². The average molecular weight is 651 g/mol. The molecule has 1 aromatic heterocycles. The predicted molar refractivity (Wildman–Crippen MR) is 179 cm³/mol. The normalized spacial score (nSPS) is 17.7. The van der Waals surface area contributed by atoms with Crippen molar-refractivity contribution in [2.24, 2.45) is 0 Å². The molecule has 0 saturated carbocycles. The van der Waals surface area contributed by atoms with Crippen LogP contribution in [0.4, 0.5) is 0 Å². The molecule has 48 heavy (non-hydrogen) atoms. The second kappa shape index (κ2) is 14.8. The number of aliphatic hydroxyl groups is 1. The molecule has 6 rings (SSSR count). The zero-order valence-corrected chi connectivity index (χ0v) is 26.8. The van der Waals surface area contributed by atoms with Gasteiger partial charge in [0.05, 0.1) is 45.7 Å². The number of ether oxygens (including phenoxy) is 5. The van der Waals surface area contributed by atoms with E-state index in [1.54, 1.807) is 14.2 Å². The standard InChI is InChI=1S/C38H38N2O8/c1-44-31-17-13-29(14-18-31)38(28-11-7-4-8-12-28,30-15-19-32(45-2)20-16-30)47-25-34-33(41)21-35(48-34)40-22-27(36(42)39-37(40)43)24-46-23-26-9-5-3-6-10-26/h3-20,22,33-35,41H,21,23-25H2,1-2H3,(H,39,42,43)/t33-,34+,35+/m0/s1. The van der Waals surface area contributed by atoms with Crippen molar-refractivity contribution in [1.29, 1.82) is 0 Å². The first-order valence-electron chi connectivity index (χ1n) is 15.7. The Labute approximate surface area is 278 Å². The van der Waals surface area contributed by atoms with Crippen molar-refractivity contribution in [3.8, 4) is 11.5 Å². The van der Waals surface area contributed by atoms with Gasteiger partial charge in [0.2, 0.25) is 0 Å². The molecule has 0 bridgehead atoms. The summed E-state index contributed by atoms with van der Waals surface area (Å²) in [5, 5.41) is 11.2. The molecule has 10 nitrogen and oxygen atoms in total. The van der Waals surface area contributed by atoms with E-state index in [1.807, 2.05) is 109 Å². The van der Waals surface area contributed by atoms with Crippen LogP contribution in [0.2, 0.25) is 0 Å². The Morgan fingerprint density at radius 2 is 1.35 bits per heavy atom. The highest BCUT2D eigenvalue weighted by atomic mass is 16.6. The van der Waals surface area contributed by atoms with Gasteiger partial charge in [-0.05, 0) is 46.5 Å². The van der Waals surface area contributed by atoms with Gasteiger partial charge in [-0.15, -0.1) is 0 Å². The molecule has 248 valence electrons. The van der Waals surface area contributed by atoms with Crippen molar-refractivity contribution in [3.63, 3.8) is 0 Å². The number of hydrogen-bond acceptors (Lipinski definition) is 8. The maximum atomic E-state index is 12.9. The third kappa shape index (κ3) is 6.97. The molecule has 3 atom stereocenters. The Balaban J connectivity index is 1.27. The van der Waals surface area contributed by atoms with Gasteiger partial charge >= 0.3 is 5.69 Å². The summed E-state index contributed by atoms with van der Waals surface area (Å²) in [7, 11) is 3.23. The molecule has 2 heterocycles. The van der Waals surface area contributed by atoms with Crippen molar-refractivity contribution in [2.45, 2.75) is 43.7 Å². The molecular weight excluding hydrogens is 612 g/mol. The minimum atomic E-state index is -1.11. The van der Waals surface area contributed by atoms with Crippen LogP contribution in [0.5, 0.6) is 11.5 Å². The minimum absolute atomic E-state index is 0.00433. The van der Waals surface area contributed by atoms with E-state index in [1.165, 1.54) is 10.8 Å². The third-order valence-electron chi connectivity index (χ3n) is 8.56. The van der Waals surface area contributed by atoms with Crippen LogP contribution in [0.3, 0.4) is 0 Å². The number of aromatic amines is 1. The van der Waals surface area contributed by atoms with Crippen LogP contribution in [0.15, 0.2) is 125 Å². The zero-order valence-electron chi connectivity index (χ0n) is 26.8. The minimum Gasteiger partial charge on any atom is -0.497 e. The Hall–Kier alpha value is -5.00. The van der Waals surface area contributed by atoms with Crippen LogP contribution in [-0.2, 0) is 33.0 Å². The lowest BCUT2D eigenvalue weighted by atomic mass is 9.80. The first kappa shape index (κ1) is 32.9. The van der Waals surface area contributed by atoms with Crippen molar-refractivity contribution in [3.05, 3.63) is 164 Å². The predicted octanol–water partition coefficient (Wildman–Crippen LogP) is 4.93. The molecule has 0 spiro atoms. The quantitative estimate of drug-likeness (QED) is 0.172. The van der Waals surface area contributed by atoms with E-state index in [4.69, 9.17) is 23.7 Å². The second-order valence-corrected chi connectivity index (χ2v) is 11.5. The lowest BCUT2D eigenvalue weighted by Gasteiger charge is -2.37. The summed E-state index contributed by atoms with van der Waals surface area (Å²) >= 11 is 0. The van der Waals surface area contributed by atoms with Crippen LogP contribution in [0.1, 0.15) is 40.5 Å². The van der Waals surface area contributed by atoms with E-state index in [0.717, 1.165) is 22.3 Å². The SMILES string of the molecule is COc1ccc(C(OC[C@H]2O[C@@H](n3cc(COCc4ccccc4)c(=O)[nH]c3=O)C[C@@H]2O)(c2ccccc2)c2ccc(OC)cc2)cc1. The van der Waals surface area contributed by atoms with Gasteiger partial charge in [-0.3, -0.25) is 14.3 Å². The van der Waals surface area contributed by atoms with Crippen molar-refractivity contribution in [2.75, 3.05) is 20.8 Å². The summed E-state index contributed by atoms with van der Waals surface area (Å²) in [6.45, 7) is 0.286. The summed E-state index contributed by atoms with van der Waals surface area (Å²) in [6.07, 6.45) is -1.01. The van der Waals surface area contributed by atoms with Crippen LogP contribution in [-0.4, -0.2) is 47.7 Å². The Kier molecular flexibility index (Phi) is 10.2. The first-order chi connectivity index (χ1) is 23.4. The molecule has 0 radical (unpaired) electrons. The monoisotopic (exact) mass is 650 g/mol. The van der Waals surface area contributed by atoms with Crippen molar-refractivity contribution in [1.82, 2.24) is 9.55 Å². The number of rotatable bonds is 13. The van der Waals surface area contributed by atoms with E-state index in [2.05, 4.69) is 4.98 Å². The van der Waals surface area contributed by atoms with Gasteiger partial charge in [-0.2, -0.15) is 0 Å². The van der Waals surface area contributed by atoms with Crippen LogP contribution in [0, 0.1) is 0 Å². The highest BCUT2D eigenvalue weighted by Crippen LogP contribution is 2.42. The van der Waals surface area contributed by atoms with Gasteiger partial charge in [0.25, 0.3) is 5.56 Å². The topological polar surface area (TPSA) is 121 Å². The lowest BCUT2D eigenvalue weighted by Crippen LogP contribution is -2.38. The molecule has 5 aromatic rings. The number of aromatic nitrogens is 2. The lowest BCUT2D eigenvalue weighted by molar-refractivity contribution is -0.0945. The molecule has 4 aromatic carbocycles. The summed E-state index contributed by atoms with van der Waals surface area (Å²) in [5.41, 5.74) is 1.48. The molecule has 2 N–H and O–H groups in total. The molecule has 1 aliphatic rings. The number of H-pyrrole nitrogens is 1. The number of nitrogens with one attached hydrogen (secondary N) is 1. The zero-order chi connectivity index (χ0) is 33.5. The number of hydrogen-bond donors (Lipinski definition) is 2. The Bertz CT molecular complexity index is 1840. The number of benzene rings is 4. The molecule has 1 fully saturated rings. The molecule has 0 aliphatic carbocycles. The van der Waals surface area contributed by atoms with E-state index in [-0.39, 0.29) is 25.2 Å². The van der Waals surface area contributed by atoms with E-state index >= 15 is 0 Å². The van der Waals surface area contributed by atoms with Gasteiger partial charge in [0.15, 0.2) is 0 Å². The van der Waals surface area contributed by atoms with E-state index in [0.29, 0.717) is 18.1 Å². The first-order valence-corrected chi connectivity index (χ1v) is 15.7. The third-order valence-corrected chi connectivity index (χ3v) is 8.56. The summed E-state index contributed by atoms with van der Waals surface area (Å²) < 4.78 is 31.1. The maximum absolute atomic E-state index is 12.9. The maximum Gasteiger partial charge on any atom is 0.330 e. The number of nitrogens with zero attached hydrogens (tertiary/aromatic N) is 1. The number of methoxy groups -OCH3 is 2. The molecular formula is C38H38N2O8. The fourth-order valence-electron chi connectivity index (χ4n) is 6.01.